The number of hydrogen-bond acceptors (Lipinski definition) is 5. The van der Waals surface area contributed by atoms with E-state index in [4.69, 9.17) is 21.6 Å². The van der Waals surface area contributed by atoms with Gasteiger partial charge in [0.25, 0.3) is 0 Å². The summed E-state index contributed by atoms with van der Waals surface area (Å²) < 4.78 is 1.83. The molecule has 0 saturated heterocycles. The van der Waals surface area contributed by atoms with E-state index in [1.807, 2.05) is 59.3 Å². The molecule has 0 aliphatic carbocycles. The lowest BCUT2D eigenvalue weighted by Gasteiger charge is -2.14. The van der Waals surface area contributed by atoms with Gasteiger partial charge in [-0.15, -0.1) is 0 Å². The summed E-state index contributed by atoms with van der Waals surface area (Å²) in [5.74, 6) is 1.26. The van der Waals surface area contributed by atoms with Gasteiger partial charge in [0.15, 0.2) is 5.65 Å². The van der Waals surface area contributed by atoms with Crippen LogP contribution in [0.5, 0.6) is 0 Å². The molecule has 6 nitrogen and oxygen atoms in total. The van der Waals surface area contributed by atoms with Crippen molar-refractivity contribution in [2.45, 2.75) is 26.3 Å². The molecule has 4 rings (SSSR count). The minimum absolute atomic E-state index is 0.258. The SMILES string of the molecule is CC[C@H](C)Nc1nc(Nc2ccc(Cl)cc2)c2cnn(-c3ccccc3)c2n1. The summed E-state index contributed by atoms with van der Waals surface area (Å²) in [5.41, 5.74) is 2.58. The molecule has 7 heteroatoms. The van der Waals surface area contributed by atoms with E-state index in [0.29, 0.717) is 16.8 Å². The first-order valence-corrected chi connectivity index (χ1v) is 9.62. The van der Waals surface area contributed by atoms with E-state index < -0.39 is 0 Å². The average molecular weight is 393 g/mol. The number of benzene rings is 2. The maximum absolute atomic E-state index is 6.00. The van der Waals surface area contributed by atoms with Crippen molar-refractivity contribution in [1.29, 1.82) is 0 Å². The molecule has 0 unspecified atom stereocenters. The standard InChI is InChI=1S/C21H21ClN6/c1-3-14(2)24-21-26-19(25-16-11-9-15(22)10-12-16)18-13-23-28(20(18)27-21)17-7-5-4-6-8-17/h4-14H,3H2,1-2H3,(H2,24,25,26,27)/t14-/m0/s1. The third-order valence-electron chi connectivity index (χ3n) is 4.52. The van der Waals surface area contributed by atoms with Crippen LogP contribution in [-0.4, -0.2) is 25.8 Å². The zero-order chi connectivity index (χ0) is 19.5. The summed E-state index contributed by atoms with van der Waals surface area (Å²) >= 11 is 6.00. The Kier molecular flexibility index (Phi) is 5.12. The molecule has 0 radical (unpaired) electrons. The highest BCUT2D eigenvalue weighted by atomic mass is 35.5. The van der Waals surface area contributed by atoms with Gasteiger partial charge in [-0.2, -0.15) is 15.1 Å². The quantitative estimate of drug-likeness (QED) is 0.458. The van der Waals surface area contributed by atoms with Crippen LogP contribution in [0.25, 0.3) is 16.7 Å². The predicted molar refractivity (Wildman–Crippen MR) is 115 cm³/mol. The number of nitrogens with zero attached hydrogens (tertiary/aromatic N) is 4. The van der Waals surface area contributed by atoms with E-state index in [-0.39, 0.29) is 6.04 Å². The van der Waals surface area contributed by atoms with Crippen molar-refractivity contribution in [3.8, 4) is 5.69 Å². The second-order valence-electron chi connectivity index (χ2n) is 6.61. The van der Waals surface area contributed by atoms with Gasteiger partial charge in [-0.25, -0.2) is 4.68 Å². The number of halogens is 1. The number of nitrogens with one attached hydrogen (secondary N) is 2. The van der Waals surface area contributed by atoms with E-state index >= 15 is 0 Å². The van der Waals surface area contributed by atoms with Gasteiger partial charge in [-0.05, 0) is 49.7 Å². The number of aromatic nitrogens is 4. The monoisotopic (exact) mass is 392 g/mol. The van der Waals surface area contributed by atoms with Crippen molar-refractivity contribution in [3.63, 3.8) is 0 Å². The van der Waals surface area contributed by atoms with Crippen LogP contribution >= 0.6 is 11.6 Å². The van der Waals surface area contributed by atoms with Crippen LogP contribution in [0.4, 0.5) is 17.5 Å². The van der Waals surface area contributed by atoms with Crippen molar-refractivity contribution < 1.29 is 0 Å². The fraction of sp³-hybridized carbons (Fsp3) is 0.190. The minimum Gasteiger partial charge on any atom is -0.352 e. The Morgan fingerprint density at radius 1 is 1.04 bits per heavy atom. The predicted octanol–water partition coefficient (Wildman–Crippen LogP) is 5.42. The van der Waals surface area contributed by atoms with Crippen molar-refractivity contribution in [2.75, 3.05) is 10.6 Å². The molecule has 0 saturated carbocycles. The molecule has 28 heavy (non-hydrogen) atoms. The fourth-order valence-corrected chi connectivity index (χ4v) is 2.94. The number of rotatable bonds is 6. The topological polar surface area (TPSA) is 67.7 Å². The summed E-state index contributed by atoms with van der Waals surface area (Å²) in [4.78, 5) is 9.43. The molecule has 1 atom stereocenters. The molecule has 142 valence electrons. The van der Waals surface area contributed by atoms with E-state index in [9.17, 15) is 0 Å². The number of fused-ring (bicyclic) bond motifs is 1. The largest absolute Gasteiger partial charge is 0.352 e. The Morgan fingerprint density at radius 2 is 1.79 bits per heavy atom. The van der Waals surface area contributed by atoms with Crippen LogP contribution in [-0.2, 0) is 0 Å². The Morgan fingerprint density at radius 3 is 2.50 bits per heavy atom. The zero-order valence-corrected chi connectivity index (χ0v) is 16.5. The number of para-hydroxylation sites is 1. The third-order valence-corrected chi connectivity index (χ3v) is 4.78. The molecular formula is C21H21ClN6. The van der Waals surface area contributed by atoms with Gasteiger partial charge in [-0.3, -0.25) is 0 Å². The smallest absolute Gasteiger partial charge is 0.226 e. The molecular weight excluding hydrogens is 372 g/mol. The summed E-state index contributed by atoms with van der Waals surface area (Å²) in [5, 5.41) is 12.8. The Hall–Kier alpha value is -3.12. The normalized spacial score (nSPS) is 12.1. The lowest BCUT2D eigenvalue weighted by atomic mass is 10.3. The second-order valence-corrected chi connectivity index (χ2v) is 7.05. The Labute approximate surface area is 168 Å². The molecule has 0 aliphatic heterocycles. The Bertz CT molecular complexity index is 1080. The van der Waals surface area contributed by atoms with E-state index in [1.54, 1.807) is 6.20 Å². The number of anilines is 3. The molecule has 0 amide bonds. The molecule has 4 aromatic rings. The van der Waals surface area contributed by atoms with Crippen molar-refractivity contribution in [1.82, 2.24) is 19.7 Å². The first-order valence-electron chi connectivity index (χ1n) is 9.24. The number of hydrogen-bond donors (Lipinski definition) is 2. The van der Waals surface area contributed by atoms with Crippen LogP contribution in [0.1, 0.15) is 20.3 Å². The first kappa shape index (κ1) is 18.3. The molecule has 2 N–H and O–H groups in total. The second kappa shape index (κ2) is 7.86. The molecule has 0 aliphatic rings. The van der Waals surface area contributed by atoms with Gasteiger partial charge in [0, 0.05) is 16.8 Å². The highest BCUT2D eigenvalue weighted by molar-refractivity contribution is 6.30. The highest BCUT2D eigenvalue weighted by Gasteiger charge is 2.15. The fourth-order valence-electron chi connectivity index (χ4n) is 2.82. The van der Waals surface area contributed by atoms with E-state index in [2.05, 4.69) is 29.6 Å². The van der Waals surface area contributed by atoms with Crippen molar-refractivity contribution in [3.05, 3.63) is 65.8 Å². The molecule has 2 aromatic carbocycles. The summed E-state index contributed by atoms with van der Waals surface area (Å²) in [7, 11) is 0. The van der Waals surface area contributed by atoms with Crippen LogP contribution in [0, 0.1) is 0 Å². The van der Waals surface area contributed by atoms with Gasteiger partial charge >= 0.3 is 0 Å². The lowest BCUT2D eigenvalue weighted by molar-refractivity contribution is 0.753. The van der Waals surface area contributed by atoms with Gasteiger partial charge in [-0.1, -0.05) is 36.7 Å². The van der Waals surface area contributed by atoms with Crippen LogP contribution in [0.3, 0.4) is 0 Å². The lowest BCUT2D eigenvalue weighted by Crippen LogP contribution is -2.16. The maximum Gasteiger partial charge on any atom is 0.226 e. The Balaban J connectivity index is 1.82. The zero-order valence-electron chi connectivity index (χ0n) is 15.7. The molecule has 0 bridgehead atoms. The van der Waals surface area contributed by atoms with Gasteiger partial charge in [0.05, 0.1) is 17.3 Å². The minimum atomic E-state index is 0.258. The van der Waals surface area contributed by atoms with Gasteiger partial charge in [0.1, 0.15) is 5.82 Å². The molecule has 0 spiro atoms. The summed E-state index contributed by atoms with van der Waals surface area (Å²) in [6.07, 6.45) is 2.76. The van der Waals surface area contributed by atoms with Crippen molar-refractivity contribution in [2.24, 2.45) is 0 Å². The van der Waals surface area contributed by atoms with Crippen molar-refractivity contribution >= 4 is 40.1 Å². The molecule has 2 aromatic heterocycles. The molecule has 2 heterocycles. The summed E-state index contributed by atoms with van der Waals surface area (Å²) in [6, 6.07) is 17.7. The van der Waals surface area contributed by atoms with Crippen LogP contribution < -0.4 is 10.6 Å². The first-order chi connectivity index (χ1) is 13.6. The summed E-state index contributed by atoms with van der Waals surface area (Å²) in [6.45, 7) is 4.23. The third kappa shape index (κ3) is 3.77. The van der Waals surface area contributed by atoms with Crippen LogP contribution in [0.15, 0.2) is 60.8 Å². The van der Waals surface area contributed by atoms with E-state index in [0.717, 1.165) is 28.8 Å². The average Bonchev–Trinajstić information content (AvgIpc) is 3.14. The molecule has 0 fully saturated rings. The maximum atomic E-state index is 6.00. The van der Waals surface area contributed by atoms with Gasteiger partial charge < -0.3 is 10.6 Å². The van der Waals surface area contributed by atoms with Gasteiger partial charge in [0.2, 0.25) is 5.95 Å². The van der Waals surface area contributed by atoms with E-state index in [1.165, 1.54) is 0 Å². The van der Waals surface area contributed by atoms with Crippen LogP contribution in [0.2, 0.25) is 5.02 Å². The highest BCUT2D eigenvalue weighted by Crippen LogP contribution is 2.27.